The smallest absolute Gasteiger partial charge is 0.174 e. The number of nitrogens with zero attached hydrogens (tertiary/aromatic N) is 8. The van der Waals surface area contributed by atoms with E-state index < -0.39 is 0 Å². The summed E-state index contributed by atoms with van der Waals surface area (Å²) in [5.74, 6) is 5.11. The van der Waals surface area contributed by atoms with Crippen LogP contribution in [0.25, 0.3) is 56.4 Å². The van der Waals surface area contributed by atoms with Gasteiger partial charge < -0.3 is 39.7 Å². The van der Waals surface area contributed by atoms with Crippen molar-refractivity contribution in [3.05, 3.63) is 156 Å². The van der Waals surface area contributed by atoms with Gasteiger partial charge in [0.1, 0.15) is 72.4 Å². The molecule has 6 heterocycles. The molecule has 0 saturated carbocycles. The molecule has 0 bridgehead atoms. The van der Waals surface area contributed by atoms with Crippen LogP contribution >= 0.6 is 24.8 Å². The topological polar surface area (TPSA) is 263 Å². The van der Waals surface area contributed by atoms with Gasteiger partial charge in [-0.1, -0.05) is 34.7 Å². The molecule has 322 valence electrons. The molecule has 6 aromatic heterocycles. The van der Waals surface area contributed by atoms with Crippen LogP contribution in [-0.2, 0) is 26.3 Å². The minimum atomic E-state index is -0.00442. The Labute approximate surface area is 375 Å². The maximum Gasteiger partial charge on any atom is 0.174 e. The van der Waals surface area contributed by atoms with Crippen molar-refractivity contribution in [1.82, 2.24) is 49.9 Å². The van der Waals surface area contributed by atoms with Gasteiger partial charge in [0.15, 0.2) is 23.2 Å². The third-order valence-electron chi connectivity index (χ3n) is 10.00. The molecule has 0 atom stereocenters. The highest BCUT2D eigenvalue weighted by molar-refractivity contribution is 5.99. The van der Waals surface area contributed by atoms with E-state index in [1.54, 1.807) is 33.6 Å². The van der Waals surface area contributed by atoms with E-state index in [0.717, 1.165) is 33.2 Å². The van der Waals surface area contributed by atoms with Crippen molar-refractivity contribution in [2.75, 3.05) is 0 Å². The van der Waals surface area contributed by atoms with Crippen LogP contribution < -0.4 is 20.9 Å². The molecule has 0 fully saturated rings. The second kappa shape index (κ2) is 18.0. The van der Waals surface area contributed by atoms with E-state index >= 15 is 0 Å². The fourth-order valence-electron chi connectivity index (χ4n) is 6.85. The first kappa shape index (κ1) is 42.5. The fraction of sp³-hybridized carbons (Fsp3) is 0.0909. The normalized spacial score (nSPS) is 11.1. The minimum absolute atomic E-state index is 0. The standard InChI is InChI=1S/C44H36N14O4.2ClH/c45-41(46)27-5-13-35-37(17-27)51-43(49-35)39-15-11-33(61-39)21-57-19-29(53-55-57)23-59-31-7-1-25(2-8-31)26-3-9-32(10-4-26)60-24-30-20-58(56-54-30)22-34-12-16-40(62-34)44-50-36-14-6-28(42(47)48)18-38(36)52-44;;/h1-20H,21-24H2,(H3,45,46)(H3,47,48)(H,49,51)(H,50,52);2*1H. The summed E-state index contributed by atoms with van der Waals surface area (Å²) in [6.45, 7) is 1.27. The van der Waals surface area contributed by atoms with Gasteiger partial charge in [0, 0.05) is 11.1 Å². The Morgan fingerprint density at radius 1 is 0.562 bits per heavy atom. The molecule has 0 amide bonds. The Morgan fingerprint density at radius 2 is 0.984 bits per heavy atom. The van der Waals surface area contributed by atoms with Gasteiger partial charge >= 0.3 is 0 Å². The number of halogens is 2. The Balaban J connectivity index is 0.00000280. The largest absolute Gasteiger partial charge is 0.487 e. The van der Waals surface area contributed by atoms with E-state index in [-0.39, 0.29) is 49.7 Å². The molecule has 8 N–H and O–H groups in total. The summed E-state index contributed by atoms with van der Waals surface area (Å²) in [4.78, 5) is 15.7. The van der Waals surface area contributed by atoms with E-state index in [1.165, 1.54) is 0 Å². The molecule has 0 unspecified atom stereocenters. The number of ether oxygens (including phenoxy) is 2. The number of imidazole rings is 2. The van der Waals surface area contributed by atoms with Crippen LogP contribution in [0.2, 0.25) is 0 Å². The number of hydrogen-bond donors (Lipinski definition) is 6. The predicted octanol–water partition coefficient (Wildman–Crippen LogP) is 7.48. The first-order chi connectivity index (χ1) is 30.2. The Bertz CT molecular complexity index is 3020. The second-order valence-corrected chi connectivity index (χ2v) is 14.4. The van der Waals surface area contributed by atoms with Gasteiger partial charge in [0.25, 0.3) is 0 Å². The highest BCUT2D eigenvalue weighted by atomic mass is 35.5. The lowest BCUT2D eigenvalue weighted by Crippen LogP contribution is -2.10. The van der Waals surface area contributed by atoms with Crippen molar-refractivity contribution in [3.8, 4) is 45.8 Å². The zero-order valence-corrected chi connectivity index (χ0v) is 35.2. The molecule has 10 rings (SSSR count). The number of benzene rings is 4. The lowest BCUT2D eigenvalue weighted by molar-refractivity contribution is 0.301. The highest BCUT2D eigenvalue weighted by Crippen LogP contribution is 2.27. The molecule has 0 aliphatic carbocycles. The summed E-state index contributed by atoms with van der Waals surface area (Å²) < 4.78 is 27.5. The molecule has 0 radical (unpaired) electrons. The van der Waals surface area contributed by atoms with E-state index in [0.29, 0.717) is 81.8 Å². The predicted molar refractivity (Wildman–Crippen MR) is 243 cm³/mol. The molecule has 0 aliphatic heterocycles. The number of amidine groups is 2. The van der Waals surface area contributed by atoms with Gasteiger partial charge in [-0.05, 0) is 96.1 Å². The number of hydrogen-bond acceptors (Lipinski definition) is 12. The summed E-state index contributed by atoms with van der Waals surface area (Å²) in [5, 5.41) is 32.3. The van der Waals surface area contributed by atoms with Gasteiger partial charge in [-0.3, -0.25) is 10.8 Å². The first-order valence-corrected chi connectivity index (χ1v) is 19.4. The van der Waals surface area contributed by atoms with E-state index in [9.17, 15) is 0 Å². The molecule has 0 spiro atoms. The summed E-state index contributed by atoms with van der Waals surface area (Å²) in [6, 6.07) is 33.9. The number of fused-ring (bicyclic) bond motifs is 2. The number of H-pyrrole nitrogens is 2. The van der Waals surface area contributed by atoms with E-state index in [2.05, 4.69) is 40.6 Å². The van der Waals surface area contributed by atoms with Crippen LogP contribution in [-0.4, -0.2) is 61.6 Å². The van der Waals surface area contributed by atoms with Crippen molar-refractivity contribution in [3.63, 3.8) is 0 Å². The number of nitrogens with two attached hydrogens (primary N) is 2. The van der Waals surface area contributed by atoms with Crippen LogP contribution in [0.3, 0.4) is 0 Å². The minimum Gasteiger partial charge on any atom is -0.487 e. The summed E-state index contributed by atoms with van der Waals surface area (Å²) >= 11 is 0. The second-order valence-electron chi connectivity index (χ2n) is 14.4. The molecular weight excluding hydrogens is 859 g/mol. The van der Waals surface area contributed by atoms with Crippen molar-refractivity contribution >= 4 is 58.6 Å². The van der Waals surface area contributed by atoms with Crippen molar-refractivity contribution < 1.29 is 18.3 Å². The quantitative estimate of drug-likeness (QED) is 0.0432. The van der Waals surface area contributed by atoms with E-state index in [1.807, 2.05) is 97.3 Å². The molecule has 20 heteroatoms. The summed E-state index contributed by atoms with van der Waals surface area (Å²) in [7, 11) is 0. The lowest BCUT2D eigenvalue weighted by Gasteiger charge is -2.08. The Morgan fingerprint density at radius 3 is 1.39 bits per heavy atom. The molecule has 4 aromatic carbocycles. The average Bonchev–Trinajstić information content (AvgIpc) is 4.15. The number of nitrogen functional groups attached to an aromatic ring is 2. The van der Waals surface area contributed by atoms with Gasteiger partial charge in [0.2, 0.25) is 0 Å². The van der Waals surface area contributed by atoms with Gasteiger partial charge in [-0.25, -0.2) is 19.3 Å². The summed E-state index contributed by atoms with van der Waals surface area (Å²) in [5.41, 5.74) is 19.0. The van der Waals surface area contributed by atoms with Gasteiger partial charge in [-0.2, -0.15) is 0 Å². The number of furan rings is 2. The first-order valence-electron chi connectivity index (χ1n) is 19.4. The zero-order valence-electron chi connectivity index (χ0n) is 33.6. The zero-order chi connectivity index (χ0) is 42.2. The molecule has 18 nitrogen and oxygen atoms in total. The number of nitrogens with one attached hydrogen (secondary N) is 4. The van der Waals surface area contributed by atoms with Crippen LogP contribution in [0.15, 0.2) is 130 Å². The van der Waals surface area contributed by atoms with Gasteiger partial charge in [0.05, 0.1) is 34.5 Å². The maximum absolute atomic E-state index is 7.67. The lowest BCUT2D eigenvalue weighted by atomic mass is 10.1. The third kappa shape index (κ3) is 9.18. The van der Waals surface area contributed by atoms with Crippen LogP contribution in [0.4, 0.5) is 0 Å². The third-order valence-corrected chi connectivity index (χ3v) is 10.00. The number of rotatable bonds is 15. The average molecular weight is 898 g/mol. The fourth-order valence-corrected chi connectivity index (χ4v) is 6.85. The van der Waals surface area contributed by atoms with E-state index in [4.69, 9.17) is 40.6 Å². The summed E-state index contributed by atoms with van der Waals surface area (Å²) in [6.07, 6.45) is 3.64. The van der Waals surface area contributed by atoms with Crippen LogP contribution in [0.5, 0.6) is 11.5 Å². The van der Waals surface area contributed by atoms with Crippen molar-refractivity contribution in [2.45, 2.75) is 26.3 Å². The maximum atomic E-state index is 7.67. The number of aromatic nitrogens is 10. The SMILES string of the molecule is Cl.Cl.N=C(N)c1ccc2nc(-c3ccc(Cn4cc(COc5ccc(-c6ccc(OCc7cn(Cc8ccc(-c9nc%10ccc(C(=N)N)cc%10[nH]9)o8)nn7)cc6)cc5)nn4)o3)[nH]c2c1. The Kier molecular flexibility index (Phi) is 12.0. The van der Waals surface area contributed by atoms with Crippen LogP contribution in [0.1, 0.15) is 34.0 Å². The molecular formula is C44H38Cl2N14O4. The van der Waals surface area contributed by atoms with Crippen LogP contribution in [0, 0.1) is 10.8 Å². The highest BCUT2D eigenvalue weighted by Gasteiger charge is 2.15. The van der Waals surface area contributed by atoms with Crippen molar-refractivity contribution in [2.24, 2.45) is 11.5 Å². The molecule has 0 aliphatic rings. The van der Waals surface area contributed by atoms with Gasteiger partial charge in [-0.15, -0.1) is 35.0 Å². The molecule has 64 heavy (non-hydrogen) atoms. The molecule has 0 saturated heterocycles. The molecule has 10 aromatic rings. The monoisotopic (exact) mass is 896 g/mol. The van der Waals surface area contributed by atoms with Crippen molar-refractivity contribution in [1.29, 1.82) is 10.8 Å². The Hall–Kier alpha value is -8.22. The number of aromatic amines is 2.